The zero-order chi connectivity index (χ0) is 25.0. The van der Waals surface area contributed by atoms with Crippen LogP contribution in [0, 0.1) is 13.8 Å². The lowest BCUT2D eigenvalue weighted by Gasteiger charge is -2.28. The molecule has 0 saturated carbocycles. The van der Waals surface area contributed by atoms with E-state index in [1.165, 1.54) is 4.90 Å². The van der Waals surface area contributed by atoms with Crippen LogP contribution < -0.4 is 0 Å². The Hall–Kier alpha value is -3.39. The molecule has 0 spiro atoms. The van der Waals surface area contributed by atoms with Gasteiger partial charge >= 0.3 is 5.97 Å². The summed E-state index contributed by atoms with van der Waals surface area (Å²) >= 11 is 0. The first-order valence-corrected chi connectivity index (χ1v) is 13.5. The van der Waals surface area contributed by atoms with E-state index >= 15 is 0 Å². The van der Waals surface area contributed by atoms with Gasteiger partial charge in [-0.2, -0.15) is 0 Å². The molecule has 1 amide bonds. The summed E-state index contributed by atoms with van der Waals surface area (Å²) in [5.74, 6) is -0.976. The Morgan fingerprint density at radius 3 is 2.23 bits per heavy atom. The number of sulfone groups is 1. The van der Waals surface area contributed by atoms with E-state index in [4.69, 9.17) is 4.74 Å². The Bertz CT molecular complexity index is 1300. The molecule has 8 heteroatoms. The number of amides is 1. The molecule has 1 fully saturated rings. The molecule has 0 N–H and O–H groups in total. The fourth-order valence-electron chi connectivity index (χ4n) is 4.53. The van der Waals surface area contributed by atoms with Crippen molar-refractivity contribution in [3.05, 3.63) is 94.8 Å². The number of rotatable bonds is 8. The second-order valence-corrected chi connectivity index (χ2v) is 11.2. The molecule has 1 atom stereocenters. The van der Waals surface area contributed by atoms with E-state index in [1.807, 2.05) is 79.1 Å². The van der Waals surface area contributed by atoms with Gasteiger partial charge in [0.15, 0.2) is 16.4 Å². The molecular weight excluding hydrogens is 464 g/mol. The lowest BCUT2D eigenvalue weighted by molar-refractivity contribution is -0.137. The van der Waals surface area contributed by atoms with E-state index < -0.39 is 34.4 Å². The van der Waals surface area contributed by atoms with E-state index in [0.29, 0.717) is 18.5 Å². The third kappa shape index (κ3) is 6.00. The van der Waals surface area contributed by atoms with Gasteiger partial charge in [-0.05, 0) is 37.5 Å². The topological polar surface area (TPSA) is 85.7 Å². The van der Waals surface area contributed by atoms with Crippen LogP contribution in [0.1, 0.15) is 39.3 Å². The fourth-order valence-corrected chi connectivity index (χ4v) is 6.26. The van der Waals surface area contributed by atoms with Crippen molar-refractivity contribution in [3.63, 3.8) is 0 Å². The van der Waals surface area contributed by atoms with Gasteiger partial charge in [0.1, 0.15) is 0 Å². The minimum atomic E-state index is -3.18. The quantitative estimate of drug-likeness (QED) is 0.447. The van der Waals surface area contributed by atoms with E-state index in [9.17, 15) is 18.0 Å². The van der Waals surface area contributed by atoms with Gasteiger partial charge in [0, 0.05) is 30.5 Å². The predicted octanol–water partition coefficient (Wildman–Crippen LogP) is 3.53. The average Bonchev–Trinajstić information content (AvgIpc) is 3.35. The maximum absolute atomic E-state index is 13.1. The largest absolute Gasteiger partial charge is 0.452 e. The summed E-state index contributed by atoms with van der Waals surface area (Å²) in [6.45, 7) is 4.25. The number of aromatic nitrogens is 1. The molecule has 184 valence electrons. The molecule has 1 aliphatic heterocycles. The standard InChI is InChI=1S/C27H30N2O5S/c1-20-15-25(21(2)28(20)16-22-9-5-3-6-10-22)27(31)34-18-26(30)29(17-23-11-7-4-8-12-23)24-13-14-35(32,33)19-24/h3-12,15,24H,13-14,16-19H2,1-2H3/t24-/m1/s1. The van der Waals surface area contributed by atoms with Crippen molar-refractivity contribution < 1.29 is 22.7 Å². The zero-order valence-electron chi connectivity index (χ0n) is 20.0. The van der Waals surface area contributed by atoms with E-state index in [0.717, 1.165) is 22.5 Å². The molecule has 4 rings (SSSR count). The van der Waals surface area contributed by atoms with Crippen LogP contribution in [0.3, 0.4) is 0 Å². The Labute approximate surface area is 206 Å². The van der Waals surface area contributed by atoms with E-state index in [2.05, 4.69) is 0 Å². The molecule has 0 aliphatic carbocycles. The van der Waals surface area contributed by atoms with Gasteiger partial charge in [-0.15, -0.1) is 0 Å². The summed E-state index contributed by atoms with van der Waals surface area (Å²) in [4.78, 5) is 27.6. The zero-order valence-corrected chi connectivity index (χ0v) is 20.8. The number of esters is 1. The van der Waals surface area contributed by atoms with Crippen molar-refractivity contribution in [1.29, 1.82) is 0 Å². The Morgan fingerprint density at radius 2 is 1.63 bits per heavy atom. The molecule has 3 aromatic rings. The number of hydrogen-bond donors (Lipinski definition) is 0. The van der Waals surface area contributed by atoms with Crippen LogP contribution in [-0.2, 0) is 32.5 Å². The molecule has 7 nitrogen and oxygen atoms in total. The lowest BCUT2D eigenvalue weighted by atomic mass is 10.1. The molecule has 35 heavy (non-hydrogen) atoms. The molecule has 1 aromatic heterocycles. The first kappa shape index (κ1) is 24.7. The number of hydrogen-bond acceptors (Lipinski definition) is 5. The van der Waals surface area contributed by atoms with Gasteiger partial charge in [0.25, 0.3) is 5.91 Å². The Balaban J connectivity index is 1.45. The Morgan fingerprint density at radius 1 is 1.00 bits per heavy atom. The van der Waals surface area contributed by atoms with Crippen LogP contribution >= 0.6 is 0 Å². The van der Waals surface area contributed by atoms with Gasteiger partial charge in [0.2, 0.25) is 0 Å². The van der Waals surface area contributed by atoms with Gasteiger partial charge in [-0.25, -0.2) is 13.2 Å². The van der Waals surface area contributed by atoms with Gasteiger partial charge in [0.05, 0.1) is 17.1 Å². The lowest BCUT2D eigenvalue weighted by Crippen LogP contribution is -2.42. The predicted molar refractivity (Wildman–Crippen MR) is 134 cm³/mol. The second kappa shape index (κ2) is 10.5. The maximum Gasteiger partial charge on any atom is 0.340 e. The van der Waals surface area contributed by atoms with Crippen molar-refractivity contribution in [1.82, 2.24) is 9.47 Å². The summed E-state index contributed by atoms with van der Waals surface area (Å²) in [7, 11) is -3.18. The molecule has 2 aromatic carbocycles. The SMILES string of the molecule is Cc1cc(C(=O)OCC(=O)N(Cc2ccccc2)[C@@H]2CCS(=O)(=O)C2)c(C)n1Cc1ccccc1. The number of carbonyl (C=O) groups is 2. The molecule has 2 heterocycles. The highest BCUT2D eigenvalue weighted by atomic mass is 32.2. The van der Waals surface area contributed by atoms with Crippen LogP contribution in [0.5, 0.6) is 0 Å². The second-order valence-electron chi connectivity index (χ2n) is 9.00. The van der Waals surface area contributed by atoms with Crippen LogP contribution in [-0.4, -0.2) is 53.9 Å². The average molecular weight is 495 g/mol. The smallest absolute Gasteiger partial charge is 0.340 e. The Kier molecular flexibility index (Phi) is 7.40. The number of ether oxygens (including phenoxy) is 1. The monoisotopic (exact) mass is 494 g/mol. The van der Waals surface area contributed by atoms with Crippen LogP contribution in [0.2, 0.25) is 0 Å². The third-order valence-corrected chi connectivity index (χ3v) is 8.22. The highest BCUT2D eigenvalue weighted by Crippen LogP contribution is 2.22. The normalized spacial score (nSPS) is 16.7. The third-order valence-electron chi connectivity index (χ3n) is 6.47. The summed E-state index contributed by atoms with van der Waals surface area (Å²) < 4.78 is 31.6. The number of nitrogens with zero attached hydrogens (tertiary/aromatic N) is 2. The number of benzene rings is 2. The van der Waals surface area contributed by atoms with Gasteiger partial charge in [-0.3, -0.25) is 4.79 Å². The summed E-state index contributed by atoms with van der Waals surface area (Å²) in [6.07, 6.45) is 0.384. The number of aryl methyl sites for hydroxylation is 1. The van der Waals surface area contributed by atoms with Gasteiger partial charge < -0.3 is 14.2 Å². The summed E-state index contributed by atoms with van der Waals surface area (Å²) in [5, 5.41) is 0. The first-order chi connectivity index (χ1) is 16.7. The van der Waals surface area contributed by atoms with Crippen molar-refractivity contribution in [2.45, 2.75) is 39.4 Å². The van der Waals surface area contributed by atoms with Crippen molar-refractivity contribution >= 4 is 21.7 Å². The highest BCUT2D eigenvalue weighted by molar-refractivity contribution is 7.91. The van der Waals surface area contributed by atoms with E-state index in [-0.39, 0.29) is 18.1 Å². The van der Waals surface area contributed by atoms with Crippen LogP contribution in [0.25, 0.3) is 0 Å². The highest BCUT2D eigenvalue weighted by Gasteiger charge is 2.35. The fraction of sp³-hybridized carbons (Fsp3) is 0.333. The molecule has 1 aliphatic rings. The van der Waals surface area contributed by atoms with Gasteiger partial charge in [-0.1, -0.05) is 60.7 Å². The first-order valence-electron chi connectivity index (χ1n) is 11.6. The van der Waals surface area contributed by atoms with Crippen LogP contribution in [0.4, 0.5) is 0 Å². The van der Waals surface area contributed by atoms with Crippen LogP contribution in [0.15, 0.2) is 66.7 Å². The minimum Gasteiger partial charge on any atom is -0.452 e. The maximum atomic E-state index is 13.1. The molecule has 0 bridgehead atoms. The molecule has 0 radical (unpaired) electrons. The summed E-state index contributed by atoms with van der Waals surface area (Å²) in [6, 6.07) is 20.7. The van der Waals surface area contributed by atoms with Crippen molar-refractivity contribution in [2.75, 3.05) is 18.1 Å². The summed E-state index contributed by atoms with van der Waals surface area (Å²) in [5.41, 5.74) is 4.12. The van der Waals surface area contributed by atoms with Crippen molar-refractivity contribution in [2.24, 2.45) is 0 Å². The van der Waals surface area contributed by atoms with Crippen molar-refractivity contribution in [3.8, 4) is 0 Å². The molecular formula is C27H30N2O5S. The molecule has 0 unspecified atom stereocenters. The molecule has 1 saturated heterocycles. The van der Waals surface area contributed by atoms with E-state index in [1.54, 1.807) is 6.07 Å². The minimum absolute atomic E-state index is 0.0590. The number of carbonyl (C=O) groups excluding carboxylic acids is 2.